The van der Waals surface area contributed by atoms with E-state index >= 15 is 0 Å². The van der Waals surface area contributed by atoms with E-state index in [-0.39, 0.29) is 5.60 Å². The van der Waals surface area contributed by atoms with Gasteiger partial charge in [0.05, 0.1) is 11.7 Å². The van der Waals surface area contributed by atoms with Gasteiger partial charge in [0.15, 0.2) is 5.79 Å². The molecule has 4 aliphatic rings. The van der Waals surface area contributed by atoms with Gasteiger partial charge in [0, 0.05) is 0 Å². The Bertz CT molecular complexity index is 454. The van der Waals surface area contributed by atoms with Crippen molar-refractivity contribution >= 4 is 0 Å². The largest absolute Gasteiger partial charge is 0.344 e. The van der Waals surface area contributed by atoms with Crippen LogP contribution in [0.4, 0.5) is 0 Å². The lowest BCUT2D eigenvalue weighted by atomic mass is 9.63. The molecule has 1 heterocycles. The van der Waals surface area contributed by atoms with Gasteiger partial charge < -0.3 is 9.47 Å². The lowest BCUT2D eigenvalue weighted by Gasteiger charge is -2.47. The first-order valence-electron chi connectivity index (χ1n) is 8.50. The minimum atomic E-state index is -0.409. The van der Waals surface area contributed by atoms with Crippen molar-refractivity contribution in [1.29, 1.82) is 0 Å². The van der Waals surface area contributed by atoms with Crippen LogP contribution in [0.2, 0.25) is 0 Å². The standard InChI is InChI=1S/C18H30O2/c1-11-7-8-12-15(2,3)13-9-18(11,12)10-14-17(13,6)20-16(4,5)19-14/h11-14H,7-10H2,1-6H3/t11-,12+,13+,14+,17-,18?/m1/s1. The normalized spacial score (nSPS) is 58.5. The zero-order chi connectivity index (χ0) is 14.6. The SMILES string of the molecule is C[C@@H]1CC[C@H]2C(C)(C)[C@@H]3CC12C[C@@H]1OC(C)(C)O[C@@]13C. The molecular weight excluding hydrogens is 248 g/mol. The zero-order valence-corrected chi connectivity index (χ0v) is 14.0. The molecule has 1 aliphatic heterocycles. The van der Waals surface area contributed by atoms with E-state index in [0.717, 1.165) is 11.8 Å². The molecule has 3 aliphatic carbocycles. The molecule has 1 spiro atoms. The van der Waals surface area contributed by atoms with Gasteiger partial charge in [0.1, 0.15) is 0 Å². The summed E-state index contributed by atoms with van der Waals surface area (Å²) in [5, 5.41) is 0. The molecule has 4 fully saturated rings. The lowest BCUT2D eigenvalue weighted by molar-refractivity contribution is -0.177. The van der Waals surface area contributed by atoms with E-state index in [1.807, 2.05) is 0 Å². The minimum absolute atomic E-state index is 0.0810. The summed E-state index contributed by atoms with van der Waals surface area (Å²) in [5.41, 5.74) is 0.836. The van der Waals surface area contributed by atoms with Crippen LogP contribution in [0.15, 0.2) is 0 Å². The molecule has 2 heteroatoms. The van der Waals surface area contributed by atoms with Crippen LogP contribution in [-0.4, -0.2) is 17.5 Å². The van der Waals surface area contributed by atoms with Crippen molar-refractivity contribution in [1.82, 2.24) is 0 Å². The molecule has 4 rings (SSSR count). The molecule has 0 amide bonds. The van der Waals surface area contributed by atoms with Crippen molar-refractivity contribution in [2.75, 3.05) is 0 Å². The van der Waals surface area contributed by atoms with Gasteiger partial charge in [0.2, 0.25) is 0 Å². The van der Waals surface area contributed by atoms with Crippen molar-refractivity contribution in [3.05, 3.63) is 0 Å². The smallest absolute Gasteiger partial charge is 0.164 e. The van der Waals surface area contributed by atoms with Gasteiger partial charge in [-0.05, 0) is 75.0 Å². The first-order valence-corrected chi connectivity index (χ1v) is 8.50. The fraction of sp³-hybridized carbons (Fsp3) is 1.00. The number of hydrogen-bond acceptors (Lipinski definition) is 2. The quantitative estimate of drug-likeness (QED) is 0.654. The van der Waals surface area contributed by atoms with Gasteiger partial charge in [-0.2, -0.15) is 0 Å². The molecule has 1 unspecified atom stereocenters. The van der Waals surface area contributed by atoms with E-state index in [0.29, 0.717) is 22.9 Å². The van der Waals surface area contributed by atoms with Crippen LogP contribution >= 0.6 is 0 Å². The maximum Gasteiger partial charge on any atom is 0.164 e. The molecule has 20 heavy (non-hydrogen) atoms. The van der Waals surface area contributed by atoms with Crippen LogP contribution in [-0.2, 0) is 9.47 Å². The second-order valence-corrected chi connectivity index (χ2v) is 9.34. The van der Waals surface area contributed by atoms with Gasteiger partial charge in [-0.15, -0.1) is 0 Å². The van der Waals surface area contributed by atoms with E-state index in [1.54, 1.807) is 0 Å². The maximum atomic E-state index is 6.48. The van der Waals surface area contributed by atoms with Crippen molar-refractivity contribution in [3.8, 4) is 0 Å². The Labute approximate surface area is 123 Å². The van der Waals surface area contributed by atoms with Crippen molar-refractivity contribution in [3.63, 3.8) is 0 Å². The van der Waals surface area contributed by atoms with E-state index < -0.39 is 5.79 Å². The molecule has 2 nitrogen and oxygen atoms in total. The summed E-state index contributed by atoms with van der Waals surface area (Å²) in [6, 6.07) is 0. The summed E-state index contributed by atoms with van der Waals surface area (Å²) in [4.78, 5) is 0. The average Bonchev–Trinajstić information content (AvgIpc) is 2.80. The summed E-state index contributed by atoms with van der Waals surface area (Å²) in [7, 11) is 0. The van der Waals surface area contributed by atoms with Gasteiger partial charge in [-0.1, -0.05) is 20.8 Å². The van der Waals surface area contributed by atoms with Gasteiger partial charge >= 0.3 is 0 Å². The third-order valence-electron chi connectivity index (χ3n) is 7.73. The Hall–Kier alpha value is -0.0800. The number of rotatable bonds is 0. The van der Waals surface area contributed by atoms with Crippen LogP contribution in [0, 0.1) is 28.6 Å². The number of ether oxygens (including phenoxy) is 2. The molecule has 1 saturated heterocycles. The molecule has 2 bridgehead atoms. The Morgan fingerprint density at radius 1 is 0.900 bits per heavy atom. The van der Waals surface area contributed by atoms with E-state index in [4.69, 9.17) is 9.47 Å². The molecule has 0 aromatic carbocycles. The Kier molecular flexibility index (Phi) is 2.35. The second-order valence-electron chi connectivity index (χ2n) is 9.34. The molecule has 0 aromatic rings. The highest BCUT2D eigenvalue weighted by Crippen LogP contribution is 2.75. The van der Waals surface area contributed by atoms with Crippen LogP contribution in [0.5, 0.6) is 0 Å². The average molecular weight is 278 g/mol. The third-order valence-corrected chi connectivity index (χ3v) is 7.73. The molecule has 0 N–H and O–H groups in total. The van der Waals surface area contributed by atoms with Crippen LogP contribution < -0.4 is 0 Å². The predicted molar refractivity (Wildman–Crippen MR) is 79.3 cm³/mol. The summed E-state index contributed by atoms with van der Waals surface area (Å²) in [5.74, 6) is 1.96. The molecule has 3 saturated carbocycles. The topological polar surface area (TPSA) is 18.5 Å². The van der Waals surface area contributed by atoms with Crippen LogP contribution in [0.3, 0.4) is 0 Å². The zero-order valence-electron chi connectivity index (χ0n) is 14.0. The Morgan fingerprint density at radius 3 is 2.30 bits per heavy atom. The highest BCUT2D eigenvalue weighted by molar-refractivity contribution is 5.21. The maximum absolute atomic E-state index is 6.48. The molecule has 6 atom stereocenters. The van der Waals surface area contributed by atoms with E-state index in [2.05, 4.69) is 41.5 Å². The highest BCUT2D eigenvalue weighted by atomic mass is 16.8. The molecule has 0 radical (unpaired) electrons. The first kappa shape index (κ1) is 13.6. The van der Waals surface area contributed by atoms with Crippen molar-refractivity contribution in [2.45, 2.75) is 84.7 Å². The fourth-order valence-electron chi connectivity index (χ4n) is 7.01. The predicted octanol–water partition coefficient (Wildman–Crippen LogP) is 4.38. The van der Waals surface area contributed by atoms with Crippen molar-refractivity contribution in [2.24, 2.45) is 28.6 Å². The highest BCUT2D eigenvalue weighted by Gasteiger charge is 2.73. The summed E-state index contributed by atoms with van der Waals surface area (Å²) < 4.78 is 12.8. The molecule has 114 valence electrons. The number of fused-ring (bicyclic) bond motifs is 3. The van der Waals surface area contributed by atoms with Gasteiger partial charge in [0.25, 0.3) is 0 Å². The van der Waals surface area contributed by atoms with Crippen LogP contribution in [0.1, 0.15) is 67.2 Å². The van der Waals surface area contributed by atoms with E-state index in [1.165, 1.54) is 25.7 Å². The minimum Gasteiger partial charge on any atom is -0.344 e. The second kappa shape index (κ2) is 3.46. The number of hydrogen-bond donors (Lipinski definition) is 0. The Morgan fingerprint density at radius 2 is 1.60 bits per heavy atom. The fourth-order valence-corrected chi connectivity index (χ4v) is 7.01. The first-order chi connectivity index (χ1) is 9.12. The third kappa shape index (κ3) is 1.34. The van der Waals surface area contributed by atoms with Gasteiger partial charge in [-0.25, -0.2) is 0 Å². The Balaban J connectivity index is 1.82. The molecular formula is C18H30O2. The summed E-state index contributed by atoms with van der Waals surface area (Å²) >= 11 is 0. The monoisotopic (exact) mass is 278 g/mol. The molecule has 0 aromatic heterocycles. The van der Waals surface area contributed by atoms with E-state index in [9.17, 15) is 0 Å². The van der Waals surface area contributed by atoms with Crippen molar-refractivity contribution < 1.29 is 9.47 Å². The summed E-state index contributed by atoms with van der Waals surface area (Å²) in [6.07, 6.45) is 5.70. The summed E-state index contributed by atoms with van der Waals surface area (Å²) in [6.45, 7) is 14.0. The van der Waals surface area contributed by atoms with Gasteiger partial charge in [-0.3, -0.25) is 0 Å². The van der Waals surface area contributed by atoms with Crippen LogP contribution in [0.25, 0.3) is 0 Å². The lowest BCUT2D eigenvalue weighted by Crippen LogP contribution is -2.52.